The molecule has 2 aliphatic heterocycles. The highest BCUT2D eigenvalue weighted by molar-refractivity contribution is 5.89. The van der Waals surface area contributed by atoms with Crippen molar-refractivity contribution in [3.05, 3.63) is 154 Å². The van der Waals surface area contributed by atoms with Crippen molar-refractivity contribution in [2.45, 2.75) is 20.0 Å². The van der Waals surface area contributed by atoms with Crippen molar-refractivity contribution in [1.82, 2.24) is 9.80 Å². The van der Waals surface area contributed by atoms with E-state index in [1.165, 1.54) is 11.1 Å². The van der Waals surface area contributed by atoms with Crippen LogP contribution in [0, 0.1) is 23.7 Å². The molecule has 0 bridgehead atoms. The molecule has 2 fully saturated rings. The highest BCUT2D eigenvalue weighted by atomic mass is 16.5. The molecular weight excluding hydrogens is 677 g/mol. The number of hydrogen-bond donors (Lipinski definition) is 1. The van der Waals surface area contributed by atoms with Gasteiger partial charge in [0, 0.05) is 50.4 Å². The third-order valence-corrected chi connectivity index (χ3v) is 8.66. The Bertz CT molecular complexity index is 1970. The number of benzene rings is 4. The summed E-state index contributed by atoms with van der Waals surface area (Å²) in [6, 6.07) is 30.7. The molecule has 0 atom stereocenters. The van der Waals surface area contributed by atoms with Crippen LogP contribution in [-0.2, 0) is 27.3 Å². The quantitative estimate of drug-likeness (QED) is 0.146. The van der Waals surface area contributed by atoms with Crippen LogP contribution < -0.4 is 0 Å². The van der Waals surface area contributed by atoms with E-state index in [2.05, 4.69) is 82.0 Å². The smallest absolute Gasteiger partial charge is 0.338 e. The Kier molecular flexibility index (Phi) is 15.9. The molecule has 8 heteroatoms. The van der Waals surface area contributed by atoms with E-state index in [0.717, 1.165) is 87.9 Å². The Labute approximate surface area is 318 Å². The minimum atomic E-state index is -0.929. The Morgan fingerprint density at radius 3 is 1.43 bits per heavy atom. The van der Waals surface area contributed by atoms with Crippen molar-refractivity contribution in [2.75, 3.05) is 59.2 Å². The molecule has 2 aliphatic rings. The van der Waals surface area contributed by atoms with E-state index < -0.39 is 5.97 Å². The summed E-state index contributed by atoms with van der Waals surface area (Å²) in [4.78, 5) is 27.2. The third-order valence-electron chi connectivity index (χ3n) is 8.66. The summed E-state index contributed by atoms with van der Waals surface area (Å²) in [7, 11) is 0. The minimum Gasteiger partial charge on any atom is -0.478 e. The molecule has 0 spiro atoms. The van der Waals surface area contributed by atoms with Gasteiger partial charge in [0.2, 0.25) is 0 Å². The maximum absolute atomic E-state index is 11.6. The minimum absolute atomic E-state index is 0.267. The van der Waals surface area contributed by atoms with Crippen molar-refractivity contribution >= 4 is 24.1 Å². The highest BCUT2D eigenvalue weighted by Gasteiger charge is 2.11. The number of aromatic carboxylic acids is 1. The predicted octanol–water partition coefficient (Wildman–Crippen LogP) is 7.04. The molecule has 54 heavy (non-hydrogen) atoms. The van der Waals surface area contributed by atoms with Crippen molar-refractivity contribution in [3.8, 4) is 23.7 Å². The summed E-state index contributed by atoms with van der Waals surface area (Å²) in [5.74, 6) is 10.8. The lowest BCUT2D eigenvalue weighted by molar-refractivity contribution is 0.0341. The Morgan fingerprint density at radius 1 is 0.630 bits per heavy atom. The summed E-state index contributed by atoms with van der Waals surface area (Å²) in [5.41, 5.74) is 7.30. The van der Waals surface area contributed by atoms with Crippen molar-refractivity contribution in [3.63, 3.8) is 0 Å². The van der Waals surface area contributed by atoms with Gasteiger partial charge in [-0.05, 0) is 102 Å². The molecule has 4 aromatic carbocycles. The zero-order chi connectivity index (χ0) is 37.8. The largest absolute Gasteiger partial charge is 0.478 e. The van der Waals surface area contributed by atoms with Crippen molar-refractivity contribution in [2.24, 2.45) is 0 Å². The van der Waals surface area contributed by atoms with Gasteiger partial charge in [-0.1, -0.05) is 72.2 Å². The molecule has 0 radical (unpaired) electrons. The molecule has 6 rings (SSSR count). The number of nitrogens with zero attached hydrogens (tertiary/aromatic N) is 2. The number of morpholine rings is 2. The molecule has 276 valence electrons. The van der Waals surface area contributed by atoms with Gasteiger partial charge in [0.05, 0.1) is 44.2 Å². The number of rotatable bonds is 9. The first-order valence-electron chi connectivity index (χ1n) is 18.2. The van der Waals surface area contributed by atoms with E-state index in [0.29, 0.717) is 12.2 Å². The Hall–Kier alpha value is -5.74. The lowest BCUT2D eigenvalue weighted by Gasteiger charge is -2.26. The number of allylic oxidation sites excluding steroid dienone is 2. The number of ether oxygens (including phenoxy) is 3. The fraction of sp³-hybridized carbons (Fsp3) is 0.261. The lowest BCUT2D eigenvalue weighted by atomic mass is 10.1. The van der Waals surface area contributed by atoms with Crippen LogP contribution in [0.25, 0.3) is 12.2 Å². The number of carbonyl (C=O) groups excluding carboxylic acids is 1. The lowest BCUT2D eigenvalue weighted by Crippen LogP contribution is -2.35. The number of carboxylic acid groups (broad SMARTS) is 1. The molecule has 0 amide bonds. The van der Waals surface area contributed by atoms with Gasteiger partial charge >= 0.3 is 11.9 Å². The second-order valence-electron chi connectivity index (χ2n) is 12.6. The monoisotopic (exact) mass is 722 g/mol. The van der Waals surface area contributed by atoms with Crippen LogP contribution in [0.5, 0.6) is 0 Å². The molecule has 1 N–H and O–H groups in total. The van der Waals surface area contributed by atoms with Gasteiger partial charge in [0.1, 0.15) is 0 Å². The first kappa shape index (κ1) is 39.5. The molecule has 0 aliphatic carbocycles. The van der Waals surface area contributed by atoms with Gasteiger partial charge < -0.3 is 19.3 Å². The molecular formula is C46H46N2O6. The van der Waals surface area contributed by atoms with Gasteiger partial charge in [-0.15, -0.1) is 0 Å². The zero-order valence-corrected chi connectivity index (χ0v) is 30.7. The van der Waals surface area contributed by atoms with Gasteiger partial charge in [-0.25, -0.2) is 9.59 Å². The van der Waals surface area contributed by atoms with Gasteiger partial charge in [-0.2, -0.15) is 0 Å². The fourth-order valence-corrected chi connectivity index (χ4v) is 5.63. The molecule has 2 heterocycles. The Morgan fingerprint density at radius 2 is 1.04 bits per heavy atom. The zero-order valence-electron chi connectivity index (χ0n) is 30.7. The van der Waals surface area contributed by atoms with E-state index in [-0.39, 0.29) is 11.5 Å². The predicted molar refractivity (Wildman–Crippen MR) is 213 cm³/mol. The summed E-state index contributed by atoms with van der Waals surface area (Å²) >= 11 is 0. The van der Waals surface area contributed by atoms with Crippen LogP contribution in [0.4, 0.5) is 0 Å². The number of carbonyl (C=O) groups is 2. The van der Waals surface area contributed by atoms with Gasteiger partial charge in [0.25, 0.3) is 0 Å². The summed E-state index contributed by atoms with van der Waals surface area (Å²) < 4.78 is 15.7. The molecule has 4 aromatic rings. The van der Waals surface area contributed by atoms with Crippen LogP contribution in [0.15, 0.2) is 109 Å². The number of esters is 1. The Balaban J connectivity index is 0.000000208. The van der Waals surface area contributed by atoms with Gasteiger partial charge in [0.15, 0.2) is 0 Å². The number of carboxylic acids is 1. The summed E-state index contributed by atoms with van der Waals surface area (Å²) in [6.45, 7) is 11.4. The van der Waals surface area contributed by atoms with Crippen LogP contribution in [0.1, 0.15) is 61.0 Å². The average molecular weight is 723 g/mol. The van der Waals surface area contributed by atoms with E-state index in [4.69, 9.17) is 19.3 Å². The molecule has 8 nitrogen and oxygen atoms in total. The van der Waals surface area contributed by atoms with E-state index in [9.17, 15) is 9.59 Å². The summed E-state index contributed by atoms with van der Waals surface area (Å²) in [6.07, 6.45) is 7.62. The van der Waals surface area contributed by atoms with Crippen LogP contribution in [-0.4, -0.2) is 86.1 Å². The maximum atomic E-state index is 11.6. The molecule has 2 saturated heterocycles. The highest BCUT2D eigenvalue weighted by Crippen LogP contribution is 2.12. The summed E-state index contributed by atoms with van der Waals surface area (Å²) in [5, 5.41) is 8.87. The van der Waals surface area contributed by atoms with Crippen LogP contribution >= 0.6 is 0 Å². The SMILES string of the molecule is CCOC(=O)c1ccc(C#C/C=C\c2ccc(CN3CCOCC3)cc2)cc1.O=C(O)c1ccc(C#C/C=C\c2ccc(CN3CCOCC3)cc2)cc1. The normalized spacial score (nSPS) is 14.6. The maximum Gasteiger partial charge on any atom is 0.338 e. The third kappa shape index (κ3) is 13.7. The van der Waals surface area contributed by atoms with E-state index in [1.807, 2.05) is 36.4 Å². The second kappa shape index (κ2) is 21.7. The van der Waals surface area contributed by atoms with Crippen LogP contribution in [0.2, 0.25) is 0 Å². The van der Waals surface area contributed by atoms with Gasteiger partial charge in [-0.3, -0.25) is 9.80 Å². The molecule has 0 saturated carbocycles. The number of hydrogen-bond acceptors (Lipinski definition) is 7. The van der Waals surface area contributed by atoms with Crippen LogP contribution in [0.3, 0.4) is 0 Å². The van der Waals surface area contributed by atoms with Crippen molar-refractivity contribution in [1.29, 1.82) is 0 Å². The second-order valence-corrected chi connectivity index (χ2v) is 12.6. The standard InChI is InChI=1S/C24H25NO3.C22H21NO3/c1-2-28-24(26)23-13-11-21(12-14-23)6-4-3-5-20-7-9-22(10-8-20)19-25-15-17-27-18-16-25;24-22(25)21-11-9-19(10-12-21)4-2-1-3-18-5-7-20(8-6-18)17-23-13-15-26-16-14-23/h3,5,7-14H,2,15-19H2,1H3;1,3,5-12H,13-17H2,(H,24,25)/b5-3-;3-1-. The molecule has 0 unspecified atom stereocenters. The molecule has 0 aromatic heterocycles. The van der Waals surface area contributed by atoms with Crippen molar-refractivity contribution < 1.29 is 28.9 Å². The fourth-order valence-electron chi connectivity index (χ4n) is 5.63. The first-order valence-corrected chi connectivity index (χ1v) is 18.2. The average Bonchev–Trinajstić information content (AvgIpc) is 3.21. The first-order chi connectivity index (χ1) is 26.4. The van der Waals surface area contributed by atoms with E-state index in [1.54, 1.807) is 43.3 Å². The van der Waals surface area contributed by atoms with E-state index >= 15 is 0 Å². The topological polar surface area (TPSA) is 88.5 Å².